The van der Waals surface area contributed by atoms with Gasteiger partial charge < -0.3 is 4.74 Å². The van der Waals surface area contributed by atoms with E-state index in [-0.39, 0.29) is 6.10 Å². The zero-order valence-electron chi connectivity index (χ0n) is 3.10. The topological polar surface area (TPSA) is 53.4 Å². The summed E-state index contributed by atoms with van der Waals surface area (Å²) in [5.41, 5.74) is 6.33. The van der Waals surface area contributed by atoms with Crippen LogP contribution in [0.2, 0.25) is 0 Å². The second-order valence-electron chi connectivity index (χ2n) is 1.19. The maximum atomic E-state index is 9.75. The predicted octanol–water partition coefficient (Wildman–Crippen LogP) is -0.805. The van der Waals surface area contributed by atoms with E-state index in [1.54, 1.807) is 0 Å². The Balaban J connectivity index is 2.31. The largest absolute Gasteiger partial charge is 0.363 e. The molecule has 3 heteroatoms. The van der Waals surface area contributed by atoms with Crippen molar-refractivity contribution in [2.45, 2.75) is 6.10 Å². The average Bonchev–Trinajstić information content (AvgIpc) is 2.06. The molecule has 1 atom stereocenters. The summed E-state index contributed by atoms with van der Waals surface area (Å²) in [7, 11) is 0. The summed E-state index contributed by atoms with van der Waals surface area (Å²) in [5.74, 6) is -0.602. The van der Waals surface area contributed by atoms with Crippen LogP contribution in [0.3, 0.4) is 0 Å². The summed E-state index contributed by atoms with van der Waals surface area (Å²) in [6, 6.07) is 0. The summed E-state index contributed by atoms with van der Waals surface area (Å²) < 4.78 is 4.43. The summed E-state index contributed by atoms with van der Waals surface area (Å²) in [4.78, 5) is 9.75. The third-order valence-electron chi connectivity index (χ3n) is 0.626. The lowest BCUT2D eigenvalue weighted by Gasteiger charge is -1.71. The van der Waals surface area contributed by atoms with E-state index in [0.717, 1.165) is 0 Å². The molecule has 33 valence electrons. The van der Waals surface area contributed by atoms with E-state index in [4.69, 9.17) is 5.73 Å². The molecule has 0 bridgehead atoms. The van der Waals surface area contributed by atoms with Crippen molar-refractivity contribution in [2.75, 3.05) is 6.61 Å². The molecule has 0 aliphatic carbocycles. The van der Waals surface area contributed by atoms with Gasteiger partial charge in [-0.25, -0.2) is 0 Å². The molecule has 6 heavy (non-hydrogen) atoms. The van der Waals surface area contributed by atoms with Gasteiger partial charge in [0.15, 0.2) is 6.10 Å². The van der Waals surface area contributed by atoms with E-state index in [1.807, 2.05) is 0 Å². The first-order valence-corrected chi connectivity index (χ1v) is 1.68. The zero-order valence-corrected chi connectivity index (χ0v) is 3.10. The van der Waals surface area contributed by atoms with Crippen LogP contribution < -0.4 is 5.73 Å². The molecule has 1 radical (unpaired) electrons. The van der Waals surface area contributed by atoms with Crippen LogP contribution in [0.25, 0.3) is 0 Å². The van der Waals surface area contributed by atoms with Crippen LogP contribution in [0.1, 0.15) is 0 Å². The lowest BCUT2D eigenvalue weighted by molar-refractivity contribution is -0.119. The minimum Gasteiger partial charge on any atom is -0.363 e. The third-order valence-corrected chi connectivity index (χ3v) is 0.626. The quantitative estimate of drug-likeness (QED) is 0.392. The van der Waals surface area contributed by atoms with Gasteiger partial charge in [0.1, 0.15) is 0 Å². The van der Waals surface area contributed by atoms with Crippen LogP contribution in [0, 0.1) is 0 Å². The molecule has 0 aromatic rings. The van der Waals surface area contributed by atoms with Gasteiger partial charge in [0, 0.05) is 0 Å². The Kier molecular flexibility index (Phi) is 0.569. The Bertz CT molecular complexity index is 76.9. The van der Waals surface area contributed by atoms with Crippen LogP contribution in [0.5, 0.6) is 0 Å². The number of ether oxygens (including phenoxy) is 1. The lowest BCUT2D eigenvalue weighted by atomic mass is 10.5. The molecule has 0 aromatic heterocycles. The first-order chi connectivity index (χ1) is 2.80. The molecule has 0 aromatic carbocycles. The second-order valence-corrected chi connectivity index (χ2v) is 1.19. The van der Waals surface area contributed by atoms with Crippen molar-refractivity contribution in [3.63, 3.8) is 0 Å². The number of nitrogens with one attached hydrogen (secondary N) is 1. The average molecular weight is 86.1 g/mol. The first-order valence-electron chi connectivity index (χ1n) is 1.68. The fourth-order valence-electron chi connectivity index (χ4n) is 0.199. The normalized spacial score (nSPS) is 29.7. The molecular weight excluding hydrogens is 82.0 g/mol. The van der Waals surface area contributed by atoms with Crippen LogP contribution in [0.15, 0.2) is 0 Å². The molecule has 1 rings (SSSR count). The Morgan fingerprint density at radius 3 is 2.50 bits per heavy atom. The van der Waals surface area contributed by atoms with Crippen molar-refractivity contribution in [3.8, 4) is 0 Å². The molecule has 1 saturated heterocycles. The minimum atomic E-state index is -0.602. The van der Waals surface area contributed by atoms with Crippen molar-refractivity contribution in [1.82, 2.24) is 5.73 Å². The van der Waals surface area contributed by atoms with Crippen LogP contribution in [0.4, 0.5) is 0 Å². The van der Waals surface area contributed by atoms with Crippen LogP contribution >= 0.6 is 0 Å². The maximum Gasteiger partial charge on any atom is 0.269 e. The van der Waals surface area contributed by atoms with Gasteiger partial charge in [-0.05, 0) is 0 Å². The molecule has 1 N–H and O–H groups in total. The smallest absolute Gasteiger partial charge is 0.269 e. The number of amides is 1. The number of carbonyl (C=O) groups is 1. The minimum absolute atomic E-state index is 0.370. The third kappa shape index (κ3) is 0.490. The fraction of sp³-hybridized carbons (Fsp3) is 0.667. The molecule has 1 fully saturated rings. The summed E-state index contributed by atoms with van der Waals surface area (Å²) in [6.45, 7) is 0.461. The van der Waals surface area contributed by atoms with Crippen molar-refractivity contribution in [3.05, 3.63) is 0 Å². The number of epoxide rings is 1. The molecule has 1 amide bonds. The van der Waals surface area contributed by atoms with E-state index >= 15 is 0 Å². The van der Waals surface area contributed by atoms with Gasteiger partial charge in [-0.1, -0.05) is 0 Å². The molecule has 1 unspecified atom stereocenters. The Hall–Kier alpha value is -0.570. The van der Waals surface area contributed by atoms with E-state index in [0.29, 0.717) is 6.61 Å². The van der Waals surface area contributed by atoms with Crippen molar-refractivity contribution >= 4 is 5.91 Å². The van der Waals surface area contributed by atoms with Gasteiger partial charge in [-0.15, -0.1) is 0 Å². The first kappa shape index (κ1) is 3.61. The van der Waals surface area contributed by atoms with E-state index in [2.05, 4.69) is 4.74 Å². The van der Waals surface area contributed by atoms with E-state index < -0.39 is 5.91 Å². The van der Waals surface area contributed by atoms with Gasteiger partial charge in [0.05, 0.1) is 6.61 Å². The Labute approximate surface area is 35.1 Å². The highest BCUT2D eigenvalue weighted by atomic mass is 16.6. The highest BCUT2D eigenvalue weighted by molar-refractivity contribution is 5.80. The van der Waals surface area contributed by atoms with Crippen LogP contribution in [-0.4, -0.2) is 18.6 Å². The van der Waals surface area contributed by atoms with Gasteiger partial charge in [-0.2, -0.15) is 0 Å². The SMILES string of the molecule is [NH]C(=O)C1CO1. The van der Waals surface area contributed by atoms with Crippen molar-refractivity contribution < 1.29 is 9.53 Å². The van der Waals surface area contributed by atoms with Crippen molar-refractivity contribution in [1.29, 1.82) is 0 Å². The molecule has 1 heterocycles. The molecular formula is C3H4NO2. The van der Waals surface area contributed by atoms with Crippen LogP contribution in [-0.2, 0) is 9.53 Å². The Morgan fingerprint density at radius 1 is 2.00 bits per heavy atom. The second kappa shape index (κ2) is 0.944. The standard InChI is InChI=1S/C3H4NO2/c4-3(5)2-1-6-2/h2,4H,1H2. The highest BCUT2D eigenvalue weighted by Gasteiger charge is 2.28. The molecule has 1 aliphatic rings. The molecule has 1 aliphatic heterocycles. The summed E-state index contributed by atoms with van der Waals surface area (Å²) in [5, 5.41) is 0. The number of hydrogen-bond donors (Lipinski definition) is 0. The molecule has 0 saturated carbocycles. The number of rotatable bonds is 1. The summed E-state index contributed by atoms with van der Waals surface area (Å²) >= 11 is 0. The fourth-order valence-corrected chi connectivity index (χ4v) is 0.199. The Morgan fingerprint density at radius 2 is 2.50 bits per heavy atom. The van der Waals surface area contributed by atoms with E-state index in [1.165, 1.54) is 0 Å². The zero-order chi connectivity index (χ0) is 4.57. The lowest BCUT2D eigenvalue weighted by Crippen LogP contribution is -2.05. The van der Waals surface area contributed by atoms with Gasteiger partial charge >= 0.3 is 0 Å². The number of carbonyl (C=O) groups excluding carboxylic acids is 1. The number of hydrogen-bond acceptors (Lipinski definition) is 2. The predicted molar refractivity (Wildman–Crippen MR) is 17.8 cm³/mol. The van der Waals surface area contributed by atoms with Crippen molar-refractivity contribution in [2.24, 2.45) is 0 Å². The van der Waals surface area contributed by atoms with E-state index in [9.17, 15) is 4.79 Å². The molecule has 0 spiro atoms. The summed E-state index contributed by atoms with van der Waals surface area (Å²) in [6.07, 6.45) is -0.370. The van der Waals surface area contributed by atoms with Gasteiger partial charge in [0.25, 0.3) is 5.91 Å². The monoisotopic (exact) mass is 86.0 g/mol. The molecule has 3 nitrogen and oxygen atoms in total. The van der Waals surface area contributed by atoms with Gasteiger partial charge in [-0.3, -0.25) is 10.5 Å². The highest BCUT2D eigenvalue weighted by Crippen LogP contribution is 2.06. The maximum absolute atomic E-state index is 9.75. The van der Waals surface area contributed by atoms with Gasteiger partial charge in [0.2, 0.25) is 0 Å².